The molecule has 1 aliphatic heterocycles. The van der Waals surface area contributed by atoms with Crippen LogP contribution in [0.5, 0.6) is 5.75 Å². The van der Waals surface area contributed by atoms with Gasteiger partial charge in [-0.1, -0.05) is 15.9 Å². The van der Waals surface area contributed by atoms with Crippen LogP contribution < -0.4 is 5.32 Å². The maximum absolute atomic E-state index is 13.5. The summed E-state index contributed by atoms with van der Waals surface area (Å²) in [6, 6.07) is -0.863. The molecule has 2 rings (SSSR count). The summed E-state index contributed by atoms with van der Waals surface area (Å²) in [6.07, 6.45) is -9.78. The molecule has 12 heteroatoms. The number of nitrogens with one attached hydrogen (secondary N) is 1. The van der Waals surface area contributed by atoms with Gasteiger partial charge in [-0.25, -0.2) is 0 Å². The highest BCUT2D eigenvalue weighted by Gasteiger charge is 2.48. The predicted molar refractivity (Wildman–Crippen MR) is 88.5 cm³/mol. The third-order valence-electron chi connectivity index (χ3n) is 3.53. The van der Waals surface area contributed by atoms with Crippen LogP contribution in [0.4, 0.5) is 26.3 Å². The average Bonchev–Trinajstić information content (AvgIpc) is 2.41. The van der Waals surface area contributed by atoms with Crippen LogP contribution in [0.25, 0.3) is 0 Å². The molecule has 0 saturated carbocycles. The van der Waals surface area contributed by atoms with Crippen LogP contribution in [0.2, 0.25) is 0 Å². The van der Waals surface area contributed by atoms with Crippen LogP contribution in [-0.2, 0) is 6.18 Å². The van der Waals surface area contributed by atoms with Crippen LogP contribution in [0.1, 0.15) is 17.2 Å². The van der Waals surface area contributed by atoms with E-state index >= 15 is 0 Å². The highest BCUT2D eigenvalue weighted by atomic mass is 79.9. The fraction of sp³-hybridized carbons (Fsp3) is 0.538. The second-order valence-electron chi connectivity index (χ2n) is 5.12. The molecule has 1 saturated heterocycles. The summed E-state index contributed by atoms with van der Waals surface area (Å²) in [5, 5.41) is 12.7. The Hall–Kier alpha value is -0.420. The van der Waals surface area contributed by atoms with Crippen molar-refractivity contribution in [2.75, 3.05) is 26.2 Å². The van der Waals surface area contributed by atoms with E-state index in [4.69, 9.17) is 0 Å². The highest BCUT2D eigenvalue weighted by molar-refractivity contribution is 9.10. The van der Waals surface area contributed by atoms with E-state index in [9.17, 15) is 31.4 Å². The summed E-state index contributed by atoms with van der Waals surface area (Å²) in [4.78, 5) is 1.01. The molecule has 146 valence electrons. The van der Waals surface area contributed by atoms with Gasteiger partial charge in [-0.2, -0.15) is 26.3 Å². The standard InChI is InChI=1S/C13H13BrF6N2O.2ClH/c14-7-5-8(10(23)9(6-7)12(15,16)17)11(13(18,19)20)22-3-1-21-2-4-22;;/h5-6,11,21,23H,1-4H2;2*1H/t11-;;/m0../s1. The zero-order valence-electron chi connectivity index (χ0n) is 12.4. The van der Waals surface area contributed by atoms with Gasteiger partial charge in [-0.15, -0.1) is 24.8 Å². The van der Waals surface area contributed by atoms with E-state index in [1.54, 1.807) is 0 Å². The normalized spacial score (nSPS) is 17.4. The summed E-state index contributed by atoms with van der Waals surface area (Å²) in [5.41, 5.74) is -2.30. The number of hydrogen-bond acceptors (Lipinski definition) is 3. The first-order valence-electron chi connectivity index (χ1n) is 6.63. The lowest BCUT2D eigenvalue weighted by atomic mass is 9.99. The molecular weight excluding hydrogens is 465 g/mol. The van der Waals surface area contributed by atoms with Crippen molar-refractivity contribution < 1.29 is 31.4 Å². The monoisotopic (exact) mass is 478 g/mol. The number of phenols is 1. The van der Waals surface area contributed by atoms with Crippen molar-refractivity contribution in [1.29, 1.82) is 0 Å². The Labute approximate surface area is 160 Å². The second-order valence-corrected chi connectivity index (χ2v) is 6.03. The van der Waals surface area contributed by atoms with Crippen molar-refractivity contribution in [3.8, 4) is 5.75 Å². The molecular formula is C13H15BrCl2F6N2O. The maximum atomic E-state index is 13.5. The van der Waals surface area contributed by atoms with Gasteiger partial charge in [0.2, 0.25) is 0 Å². The van der Waals surface area contributed by atoms with Gasteiger partial charge < -0.3 is 10.4 Å². The molecule has 1 atom stereocenters. The van der Waals surface area contributed by atoms with Gasteiger partial charge in [0.1, 0.15) is 11.8 Å². The summed E-state index contributed by atoms with van der Waals surface area (Å²) in [7, 11) is 0. The molecule has 0 radical (unpaired) electrons. The van der Waals surface area contributed by atoms with Gasteiger partial charge in [0.15, 0.2) is 0 Å². The van der Waals surface area contributed by atoms with Gasteiger partial charge in [0.05, 0.1) is 5.56 Å². The average molecular weight is 480 g/mol. The van der Waals surface area contributed by atoms with Gasteiger partial charge in [-0.05, 0) is 12.1 Å². The van der Waals surface area contributed by atoms with E-state index in [1.807, 2.05) is 0 Å². The van der Waals surface area contributed by atoms with Gasteiger partial charge in [-0.3, -0.25) is 4.90 Å². The molecule has 1 aromatic rings. The molecule has 0 unspecified atom stereocenters. The number of nitrogens with zero attached hydrogens (tertiary/aromatic N) is 1. The first-order valence-corrected chi connectivity index (χ1v) is 7.42. The minimum absolute atomic E-state index is 0. The number of alkyl halides is 6. The molecule has 1 fully saturated rings. The van der Waals surface area contributed by atoms with Crippen molar-refractivity contribution in [1.82, 2.24) is 10.2 Å². The molecule has 0 aromatic heterocycles. The molecule has 3 nitrogen and oxygen atoms in total. The number of hydrogen-bond donors (Lipinski definition) is 2. The number of piperazine rings is 1. The second kappa shape index (κ2) is 8.98. The first-order chi connectivity index (χ1) is 10.5. The Morgan fingerprint density at radius 2 is 1.56 bits per heavy atom. The molecule has 0 aliphatic carbocycles. The van der Waals surface area contributed by atoms with Crippen molar-refractivity contribution >= 4 is 40.7 Å². The van der Waals surface area contributed by atoms with Crippen molar-refractivity contribution in [2.45, 2.75) is 18.4 Å². The largest absolute Gasteiger partial charge is 0.507 e. The molecule has 25 heavy (non-hydrogen) atoms. The number of phenolic OH excluding ortho intramolecular Hbond substituents is 1. The van der Waals surface area contributed by atoms with Gasteiger partial charge >= 0.3 is 12.4 Å². The van der Waals surface area contributed by atoms with Crippen molar-refractivity contribution in [3.05, 3.63) is 27.7 Å². The SMILES string of the molecule is Cl.Cl.Oc1c([C@H](N2CCNCC2)C(F)(F)F)cc(Br)cc1C(F)(F)F. The minimum atomic E-state index is -4.96. The van der Waals surface area contributed by atoms with Crippen LogP contribution in [0.3, 0.4) is 0 Å². The summed E-state index contributed by atoms with van der Waals surface area (Å²) < 4.78 is 79.0. The Bertz CT molecular complexity index is 579. The molecule has 0 amide bonds. The lowest BCUT2D eigenvalue weighted by Crippen LogP contribution is -2.49. The number of halogens is 9. The predicted octanol–water partition coefficient (Wildman–Crippen LogP) is 4.53. The maximum Gasteiger partial charge on any atom is 0.420 e. The van der Waals surface area contributed by atoms with Crippen LogP contribution in [0, 0.1) is 0 Å². The Balaban J connectivity index is 0.00000288. The molecule has 1 aliphatic rings. The van der Waals surface area contributed by atoms with E-state index in [0.717, 1.165) is 11.0 Å². The van der Waals surface area contributed by atoms with Crippen LogP contribution >= 0.6 is 40.7 Å². The number of benzene rings is 1. The smallest absolute Gasteiger partial charge is 0.420 e. The molecule has 0 bridgehead atoms. The highest BCUT2D eigenvalue weighted by Crippen LogP contribution is 2.47. The lowest BCUT2D eigenvalue weighted by Gasteiger charge is -2.36. The van der Waals surface area contributed by atoms with Crippen LogP contribution in [-0.4, -0.2) is 42.4 Å². The zero-order chi connectivity index (χ0) is 17.4. The summed E-state index contributed by atoms with van der Waals surface area (Å²) >= 11 is 2.79. The Morgan fingerprint density at radius 3 is 2.00 bits per heavy atom. The van der Waals surface area contributed by atoms with E-state index in [0.29, 0.717) is 6.07 Å². The van der Waals surface area contributed by atoms with Gasteiger partial charge in [0.25, 0.3) is 0 Å². The zero-order valence-corrected chi connectivity index (χ0v) is 15.6. The van der Waals surface area contributed by atoms with Crippen LogP contribution in [0.15, 0.2) is 16.6 Å². The summed E-state index contributed by atoms with van der Waals surface area (Å²) in [6.45, 7) is 0.593. The van der Waals surface area contributed by atoms with E-state index in [-0.39, 0.29) is 55.5 Å². The topological polar surface area (TPSA) is 35.5 Å². The summed E-state index contributed by atoms with van der Waals surface area (Å²) in [5.74, 6) is -1.39. The molecule has 0 spiro atoms. The van der Waals surface area contributed by atoms with Crippen molar-refractivity contribution in [2.24, 2.45) is 0 Å². The first kappa shape index (κ1) is 24.6. The Kier molecular flexibility index (Phi) is 8.83. The number of aromatic hydroxyl groups is 1. The fourth-order valence-corrected chi connectivity index (χ4v) is 3.04. The third-order valence-corrected chi connectivity index (χ3v) is 3.99. The number of rotatable bonds is 2. The molecule has 1 aromatic carbocycles. The quantitative estimate of drug-likeness (QED) is 0.612. The minimum Gasteiger partial charge on any atom is -0.507 e. The van der Waals surface area contributed by atoms with E-state index in [2.05, 4.69) is 21.2 Å². The van der Waals surface area contributed by atoms with E-state index < -0.39 is 35.3 Å². The van der Waals surface area contributed by atoms with E-state index in [1.165, 1.54) is 0 Å². The third kappa shape index (κ3) is 5.78. The molecule has 1 heterocycles. The fourth-order valence-electron chi connectivity index (χ4n) is 2.57. The molecule has 2 N–H and O–H groups in total. The lowest BCUT2D eigenvalue weighted by molar-refractivity contribution is -0.188. The van der Waals surface area contributed by atoms with Crippen molar-refractivity contribution in [3.63, 3.8) is 0 Å². The van der Waals surface area contributed by atoms with Gasteiger partial charge in [0, 0.05) is 36.2 Å². The Morgan fingerprint density at radius 1 is 1.04 bits per heavy atom.